The van der Waals surface area contributed by atoms with Gasteiger partial charge in [0.1, 0.15) is 11.5 Å². The minimum atomic E-state index is -0.136. The maximum atomic E-state index is 12.1. The number of ether oxygens (including phenoxy) is 1. The molecule has 1 unspecified atom stereocenters. The van der Waals surface area contributed by atoms with Crippen LogP contribution in [0.15, 0.2) is 54.6 Å². The Kier molecular flexibility index (Phi) is 5.98. The molecule has 0 spiro atoms. The summed E-state index contributed by atoms with van der Waals surface area (Å²) in [4.78, 5) is 12.1. The van der Waals surface area contributed by atoms with Crippen molar-refractivity contribution in [1.82, 2.24) is 5.32 Å². The second-order valence-corrected chi connectivity index (χ2v) is 5.27. The molecule has 1 atom stereocenters. The van der Waals surface area contributed by atoms with Gasteiger partial charge in [0.05, 0.1) is 0 Å². The molecule has 22 heavy (non-hydrogen) atoms. The largest absolute Gasteiger partial charge is 0.457 e. The number of benzene rings is 2. The molecule has 2 aromatic rings. The van der Waals surface area contributed by atoms with Crippen molar-refractivity contribution < 1.29 is 14.6 Å². The maximum Gasteiger partial charge on any atom is 0.251 e. The molecule has 0 saturated heterocycles. The van der Waals surface area contributed by atoms with Crippen LogP contribution in [0.25, 0.3) is 0 Å². The Morgan fingerprint density at radius 1 is 1.14 bits per heavy atom. The van der Waals surface area contributed by atoms with Crippen molar-refractivity contribution in [2.75, 3.05) is 13.2 Å². The number of aliphatic hydroxyl groups is 1. The summed E-state index contributed by atoms with van der Waals surface area (Å²) in [6.07, 6.45) is 0.678. The summed E-state index contributed by atoms with van der Waals surface area (Å²) in [7, 11) is 0. The van der Waals surface area contributed by atoms with E-state index in [0.29, 0.717) is 24.3 Å². The maximum absolute atomic E-state index is 12.1. The Bertz CT molecular complexity index is 598. The normalized spacial score (nSPS) is 11.7. The molecule has 0 fully saturated rings. The van der Waals surface area contributed by atoms with Crippen LogP contribution in [-0.2, 0) is 0 Å². The Morgan fingerprint density at radius 2 is 1.86 bits per heavy atom. The van der Waals surface area contributed by atoms with Crippen molar-refractivity contribution in [2.24, 2.45) is 5.92 Å². The van der Waals surface area contributed by atoms with Crippen LogP contribution in [-0.4, -0.2) is 24.2 Å². The summed E-state index contributed by atoms with van der Waals surface area (Å²) in [6, 6.07) is 16.5. The molecule has 4 nitrogen and oxygen atoms in total. The highest BCUT2D eigenvalue weighted by Gasteiger charge is 2.09. The van der Waals surface area contributed by atoms with Crippen molar-refractivity contribution in [2.45, 2.75) is 13.3 Å². The molecule has 0 heterocycles. The lowest BCUT2D eigenvalue weighted by molar-refractivity contribution is 0.0945. The summed E-state index contributed by atoms with van der Waals surface area (Å²) >= 11 is 0. The smallest absolute Gasteiger partial charge is 0.251 e. The van der Waals surface area contributed by atoms with Crippen molar-refractivity contribution in [3.05, 3.63) is 60.2 Å². The molecule has 0 aliphatic rings. The summed E-state index contributed by atoms with van der Waals surface area (Å²) in [6.45, 7) is 2.67. The standard InChI is InChI=1S/C18H21NO3/c1-14(10-11-20)13-19-18(21)15-6-5-9-17(12-15)22-16-7-3-2-4-8-16/h2-9,12,14,20H,10-11,13H2,1H3,(H,19,21). The topological polar surface area (TPSA) is 58.6 Å². The number of rotatable bonds is 7. The highest BCUT2D eigenvalue weighted by atomic mass is 16.5. The van der Waals surface area contributed by atoms with Gasteiger partial charge in [-0.1, -0.05) is 31.2 Å². The SMILES string of the molecule is CC(CCO)CNC(=O)c1cccc(Oc2ccccc2)c1. The number of nitrogens with one attached hydrogen (secondary N) is 1. The van der Waals surface area contributed by atoms with Crippen LogP contribution in [0, 0.1) is 5.92 Å². The predicted molar refractivity (Wildman–Crippen MR) is 86.2 cm³/mol. The molecule has 1 amide bonds. The minimum absolute atomic E-state index is 0.136. The lowest BCUT2D eigenvalue weighted by Gasteiger charge is -2.12. The van der Waals surface area contributed by atoms with Gasteiger partial charge in [-0.3, -0.25) is 4.79 Å². The first-order valence-corrected chi connectivity index (χ1v) is 7.41. The second kappa shape index (κ2) is 8.20. The van der Waals surface area contributed by atoms with E-state index in [1.165, 1.54) is 0 Å². The molecular formula is C18H21NO3. The van der Waals surface area contributed by atoms with E-state index in [1.54, 1.807) is 18.2 Å². The van der Waals surface area contributed by atoms with E-state index < -0.39 is 0 Å². The van der Waals surface area contributed by atoms with E-state index in [9.17, 15) is 4.79 Å². The van der Waals surface area contributed by atoms with E-state index in [-0.39, 0.29) is 18.4 Å². The highest BCUT2D eigenvalue weighted by Crippen LogP contribution is 2.21. The van der Waals surface area contributed by atoms with Crippen LogP contribution >= 0.6 is 0 Å². The molecule has 0 bridgehead atoms. The molecule has 2 rings (SSSR count). The predicted octanol–water partition coefficient (Wildman–Crippen LogP) is 3.23. The third-order valence-electron chi connectivity index (χ3n) is 3.31. The van der Waals surface area contributed by atoms with Gasteiger partial charge in [-0.15, -0.1) is 0 Å². The number of carbonyl (C=O) groups excluding carboxylic acids is 1. The molecule has 0 aliphatic heterocycles. The average Bonchev–Trinajstić information content (AvgIpc) is 2.54. The van der Waals surface area contributed by atoms with Gasteiger partial charge < -0.3 is 15.2 Å². The Balaban J connectivity index is 1.97. The van der Waals surface area contributed by atoms with E-state index in [2.05, 4.69) is 5.32 Å². The zero-order valence-electron chi connectivity index (χ0n) is 12.7. The number of para-hydroxylation sites is 1. The molecule has 2 aromatic carbocycles. The first-order chi connectivity index (χ1) is 10.7. The molecular weight excluding hydrogens is 278 g/mol. The Morgan fingerprint density at radius 3 is 2.59 bits per heavy atom. The second-order valence-electron chi connectivity index (χ2n) is 5.27. The van der Waals surface area contributed by atoms with Gasteiger partial charge in [-0.2, -0.15) is 0 Å². The quantitative estimate of drug-likeness (QED) is 0.825. The molecule has 0 saturated carbocycles. The van der Waals surface area contributed by atoms with Crippen LogP contribution in [0.2, 0.25) is 0 Å². The van der Waals surface area contributed by atoms with Crippen LogP contribution in [0.1, 0.15) is 23.7 Å². The fourth-order valence-corrected chi connectivity index (χ4v) is 2.02. The lowest BCUT2D eigenvalue weighted by atomic mass is 10.1. The van der Waals surface area contributed by atoms with Crippen molar-refractivity contribution in [3.8, 4) is 11.5 Å². The zero-order valence-corrected chi connectivity index (χ0v) is 12.7. The van der Waals surface area contributed by atoms with E-state index in [1.807, 2.05) is 43.3 Å². The minimum Gasteiger partial charge on any atom is -0.457 e. The first-order valence-electron chi connectivity index (χ1n) is 7.41. The van der Waals surface area contributed by atoms with Gasteiger partial charge in [-0.05, 0) is 42.7 Å². The average molecular weight is 299 g/mol. The summed E-state index contributed by atoms with van der Waals surface area (Å²) < 4.78 is 5.72. The molecule has 116 valence electrons. The van der Waals surface area contributed by atoms with E-state index in [4.69, 9.17) is 9.84 Å². The zero-order chi connectivity index (χ0) is 15.8. The third-order valence-corrected chi connectivity index (χ3v) is 3.31. The van der Waals surface area contributed by atoms with Gasteiger partial charge in [0, 0.05) is 18.7 Å². The molecule has 4 heteroatoms. The summed E-state index contributed by atoms with van der Waals surface area (Å²) in [5, 5.41) is 11.7. The third kappa shape index (κ3) is 4.90. The number of hydrogen-bond acceptors (Lipinski definition) is 3. The molecule has 0 aromatic heterocycles. The summed E-state index contributed by atoms with van der Waals surface area (Å²) in [5.74, 6) is 1.47. The van der Waals surface area contributed by atoms with Crippen molar-refractivity contribution >= 4 is 5.91 Å². The first kappa shape index (κ1) is 16.0. The Labute approximate surface area is 130 Å². The summed E-state index contributed by atoms with van der Waals surface area (Å²) in [5.41, 5.74) is 0.560. The van der Waals surface area contributed by atoms with E-state index in [0.717, 1.165) is 5.75 Å². The fraction of sp³-hybridized carbons (Fsp3) is 0.278. The van der Waals surface area contributed by atoms with Crippen LogP contribution < -0.4 is 10.1 Å². The van der Waals surface area contributed by atoms with E-state index >= 15 is 0 Å². The molecule has 0 aliphatic carbocycles. The van der Waals surface area contributed by atoms with Crippen molar-refractivity contribution in [3.63, 3.8) is 0 Å². The van der Waals surface area contributed by atoms with Crippen LogP contribution in [0.5, 0.6) is 11.5 Å². The van der Waals surface area contributed by atoms with Gasteiger partial charge in [0.2, 0.25) is 0 Å². The molecule has 2 N–H and O–H groups in total. The van der Waals surface area contributed by atoms with Crippen molar-refractivity contribution in [1.29, 1.82) is 0 Å². The Hall–Kier alpha value is -2.33. The number of aliphatic hydroxyl groups excluding tert-OH is 1. The van der Waals surface area contributed by atoms with Gasteiger partial charge in [0.15, 0.2) is 0 Å². The van der Waals surface area contributed by atoms with Gasteiger partial charge in [-0.25, -0.2) is 0 Å². The van der Waals surface area contributed by atoms with Gasteiger partial charge in [0.25, 0.3) is 5.91 Å². The fourth-order valence-electron chi connectivity index (χ4n) is 2.02. The lowest BCUT2D eigenvalue weighted by Crippen LogP contribution is -2.28. The number of hydrogen-bond donors (Lipinski definition) is 2. The highest BCUT2D eigenvalue weighted by molar-refractivity contribution is 5.94. The van der Waals surface area contributed by atoms with Crippen LogP contribution in [0.3, 0.4) is 0 Å². The molecule has 0 radical (unpaired) electrons. The number of amides is 1. The van der Waals surface area contributed by atoms with Crippen LogP contribution in [0.4, 0.5) is 0 Å². The van der Waals surface area contributed by atoms with Gasteiger partial charge >= 0.3 is 0 Å². The number of carbonyl (C=O) groups is 1. The monoisotopic (exact) mass is 299 g/mol.